The van der Waals surface area contributed by atoms with Gasteiger partial charge in [0.05, 0.1) is 0 Å². The SMILES string of the molecule is CC(C)N(C(=O)CN1C(=O)C(=O)N([C@@H]2CCCC[C@@H]2C)C1=O)c1ccccc1. The van der Waals surface area contributed by atoms with Gasteiger partial charge in [0.25, 0.3) is 0 Å². The fourth-order valence-electron chi connectivity index (χ4n) is 4.16. The van der Waals surface area contributed by atoms with Crippen LogP contribution in [0.25, 0.3) is 0 Å². The Labute approximate surface area is 165 Å². The first kappa shape index (κ1) is 20.0. The molecule has 1 aromatic carbocycles. The Bertz CT molecular complexity index is 777. The highest BCUT2D eigenvalue weighted by Gasteiger charge is 2.49. The van der Waals surface area contributed by atoms with E-state index in [1.807, 2.05) is 39.0 Å². The van der Waals surface area contributed by atoms with Crippen molar-refractivity contribution in [1.29, 1.82) is 0 Å². The van der Waals surface area contributed by atoms with Gasteiger partial charge in [-0.3, -0.25) is 19.3 Å². The van der Waals surface area contributed by atoms with Crippen molar-refractivity contribution in [3.8, 4) is 0 Å². The maximum atomic E-state index is 12.9. The van der Waals surface area contributed by atoms with E-state index in [0.717, 1.165) is 29.1 Å². The van der Waals surface area contributed by atoms with Crippen LogP contribution in [-0.2, 0) is 14.4 Å². The minimum Gasteiger partial charge on any atom is -0.308 e. The summed E-state index contributed by atoms with van der Waals surface area (Å²) in [6.45, 7) is 5.28. The molecular formula is C21H27N3O4. The second-order valence-electron chi connectivity index (χ2n) is 7.87. The van der Waals surface area contributed by atoms with Gasteiger partial charge in [0, 0.05) is 17.8 Å². The first-order valence-corrected chi connectivity index (χ1v) is 9.89. The maximum absolute atomic E-state index is 12.9. The molecule has 150 valence electrons. The number of amides is 5. The number of benzene rings is 1. The van der Waals surface area contributed by atoms with Gasteiger partial charge in [0.15, 0.2) is 0 Å². The van der Waals surface area contributed by atoms with Gasteiger partial charge in [0.1, 0.15) is 6.54 Å². The van der Waals surface area contributed by atoms with Crippen molar-refractivity contribution in [3.63, 3.8) is 0 Å². The summed E-state index contributed by atoms with van der Waals surface area (Å²) in [5, 5.41) is 0. The number of imide groups is 2. The monoisotopic (exact) mass is 385 g/mol. The molecule has 2 atom stereocenters. The molecule has 1 saturated heterocycles. The number of hydrogen-bond acceptors (Lipinski definition) is 4. The van der Waals surface area contributed by atoms with Crippen LogP contribution in [0.3, 0.4) is 0 Å². The largest absolute Gasteiger partial charge is 0.334 e. The fraction of sp³-hybridized carbons (Fsp3) is 0.524. The quantitative estimate of drug-likeness (QED) is 0.577. The zero-order chi connectivity index (χ0) is 20.4. The van der Waals surface area contributed by atoms with Crippen LogP contribution in [-0.4, -0.2) is 52.2 Å². The first-order valence-electron chi connectivity index (χ1n) is 9.89. The first-order chi connectivity index (χ1) is 13.3. The van der Waals surface area contributed by atoms with E-state index in [4.69, 9.17) is 0 Å². The highest BCUT2D eigenvalue weighted by atomic mass is 16.2. The average Bonchev–Trinajstić information content (AvgIpc) is 2.86. The fourth-order valence-corrected chi connectivity index (χ4v) is 4.16. The summed E-state index contributed by atoms with van der Waals surface area (Å²) in [5.74, 6) is -1.96. The molecule has 0 radical (unpaired) electrons. The van der Waals surface area contributed by atoms with Gasteiger partial charge in [-0.15, -0.1) is 0 Å². The number of nitrogens with zero attached hydrogens (tertiary/aromatic N) is 3. The van der Waals surface area contributed by atoms with Gasteiger partial charge < -0.3 is 4.90 Å². The number of rotatable bonds is 5. The van der Waals surface area contributed by atoms with Crippen molar-refractivity contribution in [3.05, 3.63) is 30.3 Å². The molecular weight excluding hydrogens is 358 g/mol. The van der Waals surface area contributed by atoms with Gasteiger partial charge in [-0.1, -0.05) is 38.0 Å². The van der Waals surface area contributed by atoms with Crippen molar-refractivity contribution >= 4 is 29.4 Å². The van der Waals surface area contributed by atoms with Gasteiger partial charge >= 0.3 is 17.8 Å². The second-order valence-corrected chi connectivity index (χ2v) is 7.87. The molecule has 0 aromatic heterocycles. The lowest BCUT2D eigenvalue weighted by atomic mass is 9.85. The van der Waals surface area contributed by atoms with E-state index in [1.54, 1.807) is 12.1 Å². The van der Waals surface area contributed by atoms with Gasteiger partial charge in [0.2, 0.25) is 5.91 Å². The number of hydrogen-bond donors (Lipinski definition) is 0. The summed E-state index contributed by atoms with van der Waals surface area (Å²) >= 11 is 0. The van der Waals surface area contributed by atoms with Gasteiger partial charge in [-0.2, -0.15) is 0 Å². The molecule has 2 aliphatic rings. The molecule has 28 heavy (non-hydrogen) atoms. The number of urea groups is 1. The van der Waals surface area contributed by atoms with E-state index >= 15 is 0 Å². The summed E-state index contributed by atoms with van der Waals surface area (Å²) in [6.07, 6.45) is 3.61. The topological polar surface area (TPSA) is 78.0 Å². The van der Waals surface area contributed by atoms with E-state index < -0.39 is 30.3 Å². The van der Waals surface area contributed by atoms with Crippen molar-refractivity contribution in [2.24, 2.45) is 5.92 Å². The van der Waals surface area contributed by atoms with Crippen molar-refractivity contribution in [2.75, 3.05) is 11.4 Å². The lowest BCUT2D eigenvalue weighted by molar-refractivity contribution is -0.145. The Morgan fingerprint density at radius 3 is 2.32 bits per heavy atom. The molecule has 0 bridgehead atoms. The molecule has 7 nitrogen and oxygen atoms in total. The van der Waals surface area contributed by atoms with Gasteiger partial charge in [-0.05, 0) is 44.7 Å². The molecule has 1 aromatic rings. The van der Waals surface area contributed by atoms with Crippen LogP contribution in [0.15, 0.2) is 30.3 Å². The van der Waals surface area contributed by atoms with Crippen molar-refractivity contribution in [1.82, 2.24) is 9.80 Å². The molecule has 0 unspecified atom stereocenters. The third-order valence-electron chi connectivity index (χ3n) is 5.59. The molecule has 0 spiro atoms. The van der Waals surface area contributed by atoms with E-state index in [1.165, 1.54) is 4.90 Å². The molecule has 1 heterocycles. The minimum atomic E-state index is -0.909. The summed E-state index contributed by atoms with van der Waals surface area (Å²) < 4.78 is 0. The zero-order valence-corrected chi connectivity index (χ0v) is 16.6. The summed E-state index contributed by atoms with van der Waals surface area (Å²) in [5.41, 5.74) is 0.686. The Hall–Kier alpha value is -2.70. The highest BCUT2D eigenvalue weighted by molar-refractivity contribution is 6.45. The lowest BCUT2D eigenvalue weighted by Crippen LogP contribution is -2.48. The van der Waals surface area contributed by atoms with E-state index in [9.17, 15) is 19.2 Å². The smallest absolute Gasteiger partial charge is 0.308 e. The predicted molar refractivity (Wildman–Crippen MR) is 104 cm³/mol. The normalized spacial score (nSPS) is 22.9. The van der Waals surface area contributed by atoms with Crippen LogP contribution in [0.2, 0.25) is 0 Å². The van der Waals surface area contributed by atoms with Crippen LogP contribution in [0.5, 0.6) is 0 Å². The highest BCUT2D eigenvalue weighted by Crippen LogP contribution is 2.31. The van der Waals surface area contributed by atoms with E-state index in [0.29, 0.717) is 12.1 Å². The summed E-state index contributed by atoms with van der Waals surface area (Å²) in [7, 11) is 0. The minimum absolute atomic E-state index is 0.154. The zero-order valence-electron chi connectivity index (χ0n) is 16.6. The van der Waals surface area contributed by atoms with Crippen LogP contribution >= 0.6 is 0 Å². The molecule has 2 fully saturated rings. The van der Waals surface area contributed by atoms with E-state index in [2.05, 4.69) is 0 Å². The van der Waals surface area contributed by atoms with Crippen molar-refractivity contribution in [2.45, 2.75) is 58.5 Å². The molecule has 7 heteroatoms. The Balaban J connectivity index is 1.79. The Kier molecular flexibility index (Phi) is 5.82. The molecule has 1 aliphatic heterocycles. The Morgan fingerprint density at radius 2 is 1.71 bits per heavy atom. The standard InChI is InChI=1S/C21H27N3O4/c1-14(2)23(16-10-5-4-6-11-16)18(25)13-22-19(26)20(27)24(21(22)28)17-12-8-7-9-15(17)3/h4-6,10-11,14-15,17H,7-9,12-13H2,1-3H3/t15-,17+/m0/s1. The number of anilines is 1. The van der Waals surface area contributed by atoms with Crippen LogP contribution in [0.4, 0.5) is 10.5 Å². The van der Waals surface area contributed by atoms with Gasteiger partial charge in [-0.25, -0.2) is 9.69 Å². The number of carbonyl (C=O) groups is 4. The second kappa shape index (κ2) is 8.12. The van der Waals surface area contributed by atoms with Crippen LogP contribution in [0.1, 0.15) is 46.5 Å². The predicted octanol–water partition coefficient (Wildman–Crippen LogP) is 2.80. The third-order valence-corrected chi connectivity index (χ3v) is 5.59. The lowest BCUT2D eigenvalue weighted by Gasteiger charge is -2.34. The Morgan fingerprint density at radius 1 is 1.07 bits per heavy atom. The number of para-hydroxylation sites is 1. The third kappa shape index (κ3) is 3.66. The molecule has 0 N–H and O–H groups in total. The average molecular weight is 385 g/mol. The molecule has 5 amide bonds. The van der Waals surface area contributed by atoms with Crippen LogP contribution < -0.4 is 4.90 Å². The van der Waals surface area contributed by atoms with Crippen LogP contribution in [0, 0.1) is 5.92 Å². The molecule has 1 saturated carbocycles. The van der Waals surface area contributed by atoms with E-state index in [-0.39, 0.29) is 18.0 Å². The maximum Gasteiger partial charge on any atom is 0.334 e. The molecule has 1 aliphatic carbocycles. The summed E-state index contributed by atoms with van der Waals surface area (Å²) in [6, 6.07) is 7.99. The summed E-state index contributed by atoms with van der Waals surface area (Å²) in [4.78, 5) is 54.2. The van der Waals surface area contributed by atoms with Crippen molar-refractivity contribution < 1.29 is 19.2 Å². The molecule has 3 rings (SSSR count). The number of carbonyl (C=O) groups excluding carboxylic acids is 4.